The molecule has 2 aliphatic carbocycles. The average molecular weight is 852 g/mol. The second-order valence-corrected chi connectivity index (χ2v) is 18.4. The first-order valence-electron chi connectivity index (χ1n) is 24.3. The van der Waals surface area contributed by atoms with E-state index in [2.05, 4.69) is 244 Å². The zero-order chi connectivity index (χ0) is 44.7. The molecule has 0 amide bonds. The van der Waals surface area contributed by atoms with Crippen molar-refractivity contribution in [3.63, 3.8) is 0 Å². The molecule has 1 heteroatoms. The van der Waals surface area contributed by atoms with E-state index < -0.39 is 10.8 Å². The minimum Gasteiger partial charge on any atom is -0.310 e. The van der Waals surface area contributed by atoms with Gasteiger partial charge in [0.25, 0.3) is 0 Å². The molecule has 0 aromatic heterocycles. The third-order valence-corrected chi connectivity index (χ3v) is 14.6. The van der Waals surface area contributed by atoms with Gasteiger partial charge >= 0.3 is 0 Å². The normalized spacial score (nSPS) is 15.1. The summed E-state index contributed by atoms with van der Waals surface area (Å²) < 4.78 is 0. The maximum absolute atomic E-state index is 2.52. The number of nitrogens with zero attached hydrogens (tertiary/aromatic N) is 1. The molecule has 11 rings (SSSR count). The number of rotatable bonds is 13. The van der Waals surface area contributed by atoms with Gasteiger partial charge in [0.2, 0.25) is 0 Å². The Morgan fingerprint density at radius 2 is 0.621 bits per heavy atom. The number of hydrogen-bond donors (Lipinski definition) is 0. The highest BCUT2D eigenvalue weighted by molar-refractivity contribution is 5.92. The molecule has 66 heavy (non-hydrogen) atoms. The Kier molecular flexibility index (Phi) is 10.9. The summed E-state index contributed by atoms with van der Waals surface area (Å²) in [6.45, 7) is 6.80. The first kappa shape index (κ1) is 41.5. The predicted octanol–water partition coefficient (Wildman–Crippen LogP) is 16.7. The van der Waals surface area contributed by atoms with E-state index in [0.29, 0.717) is 0 Å². The third kappa shape index (κ3) is 6.59. The van der Waals surface area contributed by atoms with Crippen LogP contribution in [0.25, 0.3) is 22.3 Å². The molecule has 9 aromatic carbocycles. The second kappa shape index (κ2) is 17.3. The zero-order valence-electron chi connectivity index (χ0n) is 38.5. The van der Waals surface area contributed by atoms with Crippen molar-refractivity contribution in [2.24, 2.45) is 0 Å². The van der Waals surface area contributed by atoms with E-state index in [0.717, 1.165) is 55.6 Å². The van der Waals surface area contributed by atoms with Gasteiger partial charge in [-0.25, -0.2) is 0 Å². The van der Waals surface area contributed by atoms with Crippen LogP contribution in [0.2, 0.25) is 0 Å². The number of benzene rings is 9. The number of para-hydroxylation sites is 1. The van der Waals surface area contributed by atoms with Crippen molar-refractivity contribution in [3.8, 4) is 22.3 Å². The summed E-state index contributed by atoms with van der Waals surface area (Å²) in [7, 11) is 0. The Hall–Kier alpha value is -7.22. The van der Waals surface area contributed by atoms with Crippen LogP contribution in [0.15, 0.2) is 218 Å². The van der Waals surface area contributed by atoms with Crippen LogP contribution < -0.4 is 4.90 Å². The molecule has 0 radical (unpaired) electrons. The monoisotopic (exact) mass is 851 g/mol. The smallest absolute Gasteiger partial charge is 0.0714 e. The topological polar surface area (TPSA) is 3.24 Å². The Balaban J connectivity index is 1.16. The summed E-state index contributed by atoms with van der Waals surface area (Å²) in [5.74, 6) is 0. The maximum Gasteiger partial charge on any atom is 0.0714 e. The Morgan fingerprint density at radius 1 is 0.288 bits per heavy atom. The van der Waals surface area contributed by atoms with Crippen LogP contribution >= 0.6 is 0 Å². The van der Waals surface area contributed by atoms with Crippen molar-refractivity contribution < 1.29 is 0 Å². The van der Waals surface area contributed by atoms with Gasteiger partial charge in [-0.05, 0) is 139 Å². The fourth-order valence-electron chi connectivity index (χ4n) is 11.7. The predicted molar refractivity (Wildman–Crippen MR) is 278 cm³/mol. The van der Waals surface area contributed by atoms with Crippen LogP contribution in [-0.4, -0.2) is 0 Å². The van der Waals surface area contributed by atoms with Crippen LogP contribution in [-0.2, 0) is 30.1 Å². The molecule has 322 valence electrons. The second-order valence-electron chi connectivity index (χ2n) is 18.4. The first-order valence-corrected chi connectivity index (χ1v) is 24.3. The molecule has 0 saturated heterocycles. The highest BCUT2D eigenvalue weighted by atomic mass is 15.1. The SMILES string of the molecule is CCCc1ccc(C2(c3ccccc3)c3ccccc3-c3ccc(N(c4ccccc4)c4ccc5c(c4)C(c4ccc(CCC)cc4)(c4ccc(CCC)cc4)c4ccccc4-5)cc32)cc1. The Morgan fingerprint density at radius 3 is 1.02 bits per heavy atom. The maximum atomic E-state index is 2.52. The van der Waals surface area contributed by atoms with Gasteiger partial charge in [0.05, 0.1) is 10.8 Å². The summed E-state index contributed by atoms with van der Waals surface area (Å²) >= 11 is 0. The summed E-state index contributed by atoms with van der Waals surface area (Å²) in [5.41, 5.74) is 22.1. The van der Waals surface area contributed by atoms with E-state index in [1.165, 1.54) is 83.5 Å². The van der Waals surface area contributed by atoms with E-state index >= 15 is 0 Å². The van der Waals surface area contributed by atoms with Crippen molar-refractivity contribution in [1.82, 2.24) is 0 Å². The molecular weight excluding hydrogens is 795 g/mol. The summed E-state index contributed by atoms with van der Waals surface area (Å²) in [4.78, 5) is 2.49. The lowest BCUT2D eigenvalue weighted by Crippen LogP contribution is -2.29. The van der Waals surface area contributed by atoms with Crippen molar-refractivity contribution in [2.75, 3.05) is 4.90 Å². The highest BCUT2D eigenvalue weighted by Crippen LogP contribution is 2.59. The van der Waals surface area contributed by atoms with Crippen LogP contribution in [0, 0.1) is 0 Å². The van der Waals surface area contributed by atoms with Crippen molar-refractivity contribution in [1.29, 1.82) is 0 Å². The summed E-state index contributed by atoms with van der Waals surface area (Å²) in [6, 6.07) is 83.5. The number of hydrogen-bond acceptors (Lipinski definition) is 1. The average Bonchev–Trinajstić information content (AvgIpc) is 3.84. The van der Waals surface area contributed by atoms with E-state index in [4.69, 9.17) is 0 Å². The lowest BCUT2D eigenvalue weighted by atomic mass is 9.67. The summed E-state index contributed by atoms with van der Waals surface area (Å²) in [6.07, 6.45) is 6.59. The molecule has 1 unspecified atom stereocenters. The molecule has 0 spiro atoms. The molecule has 1 nitrogen and oxygen atoms in total. The minimum absolute atomic E-state index is 0.515. The third-order valence-electron chi connectivity index (χ3n) is 14.6. The molecule has 2 aliphatic rings. The van der Waals surface area contributed by atoms with Crippen molar-refractivity contribution >= 4 is 17.1 Å². The number of aryl methyl sites for hydroxylation is 3. The fraction of sp³-hybridized carbons (Fsp3) is 0.169. The van der Waals surface area contributed by atoms with E-state index in [1.54, 1.807) is 0 Å². The van der Waals surface area contributed by atoms with Gasteiger partial charge in [-0.1, -0.05) is 222 Å². The molecule has 0 bridgehead atoms. The molecule has 0 saturated carbocycles. The van der Waals surface area contributed by atoms with Gasteiger partial charge in [-0.15, -0.1) is 0 Å². The van der Waals surface area contributed by atoms with Gasteiger partial charge in [0.15, 0.2) is 0 Å². The molecule has 0 fully saturated rings. The van der Waals surface area contributed by atoms with Gasteiger partial charge in [-0.2, -0.15) is 0 Å². The molecule has 0 aliphatic heterocycles. The van der Waals surface area contributed by atoms with E-state index in [9.17, 15) is 0 Å². The quantitative estimate of drug-likeness (QED) is 0.112. The van der Waals surface area contributed by atoms with Crippen LogP contribution in [0.3, 0.4) is 0 Å². The molecule has 9 aromatic rings. The van der Waals surface area contributed by atoms with Crippen molar-refractivity contribution in [3.05, 3.63) is 280 Å². The molecule has 0 N–H and O–H groups in total. The van der Waals surface area contributed by atoms with Crippen molar-refractivity contribution in [2.45, 2.75) is 70.1 Å². The fourth-order valence-corrected chi connectivity index (χ4v) is 11.7. The molecular formula is C65H57N. The van der Waals surface area contributed by atoms with Crippen LogP contribution in [0.5, 0.6) is 0 Å². The first-order chi connectivity index (χ1) is 32.6. The van der Waals surface area contributed by atoms with Crippen LogP contribution in [0.4, 0.5) is 17.1 Å². The minimum atomic E-state index is -0.522. The largest absolute Gasteiger partial charge is 0.310 e. The number of anilines is 3. The van der Waals surface area contributed by atoms with Gasteiger partial charge in [-0.3, -0.25) is 0 Å². The van der Waals surface area contributed by atoms with Gasteiger partial charge < -0.3 is 4.90 Å². The lowest BCUT2D eigenvalue weighted by Gasteiger charge is -2.36. The summed E-state index contributed by atoms with van der Waals surface area (Å²) in [5, 5.41) is 0. The Bertz CT molecular complexity index is 3090. The Labute approximate surface area is 392 Å². The highest BCUT2D eigenvalue weighted by Gasteiger charge is 2.48. The van der Waals surface area contributed by atoms with Gasteiger partial charge in [0.1, 0.15) is 0 Å². The molecule has 1 atom stereocenters. The van der Waals surface area contributed by atoms with Gasteiger partial charge in [0, 0.05) is 17.1 Å². The lowest BCUT2D eigenvalue weighted by molar-refractivity contribution is 0.764. The van der Waals surface area contributed by atoms with Crippen LogP contribution in [0.1, 0.15) is 101 Å². The standard InChI is InChI=1S/C65H57N/c1-4-17-46-28-34-50(35-29-46)64(49-20-9-7-10-21-49)60-26-15-13-24-56(60)58-42-40-54(44-62(58)64)66(53-22-11-8-12-23-53)55-41-43-59-57-25-14-16-27-61(57)65(63(59)45-55,51-36-30-47(18-5-2)31-37-51)52-38-32-48(19-6-3)33-39-52/h7-16,20-45H,4-6,17-19H2,1-3H3. The van der Waals surface area contributed by atoms with E-state index in [-0.39, 0.29) is 0 Å². The number of fused-ring (bicyclic) bond motifs is 6. The van der Waals surface area contributed by atoms with E-state index in [1.807, 2.05) is 0 Å². The molecule has 0 heterocycles. The zero-order valence-corrected chi connectivity index (χ0v) is 38.5.